The molecule has 2 aromatic rings. The Morgan fingerprint density at radius 2 is 1.69 bits per heavy atom. The van der Waals surface area contributed by atoms with Crippen molar-refractivity contribution in [2.45, 2.75) is 6.92 Å². The first kappa shape index (κ1) is 17.5. The highest BCUT2D eigenvalue weighted by atomic mass is 35.5. The number of aryl methyl sites for hydroxylation is 1. The maximum atomic E-state index is 13.6. The van der Waals surface area contributed by atoms with Gasteiger partial charge in [-0.2, -0.15) is 0 Å². The van der Waals surface area contributed by atoms with Crippen molar-refractivity contribution < 1.29 is 9.18 Å². The molecule has 0 N–H and O–H groups in total. The minimum atomic E-state index is -0.309. The molecule has 2 aromatic carbocycles. The summed E-state index contributed by atoms with van der Waals surface area (Å²) in [6.07, 6.45) is 0. The zero-order valence-corrected chi connectivity index (χ0v) is 15.8. The van der Waals surface area contributed by atoms with Crippen molar-refractivity contribution in [1.82, 2.24) is 9.80 Å². The van der Waals surface area contributed by atoms with Gasteiger partial charge in [-0.1, -0.05) is 23.7 Å². The first-order valence-electron chi connectivity index (χ1n) is 8.96. The Morgan fingerprint density at radius 3 is 2.31 bits per heavy atom. The highest BCUT2D eigenvalue weighted by Gasteiger charge is 2.40. The van der Waals surface area contributed by atoms with Crippen LogP contribution < -0.4 is 0 Å². The maximum Gasteiger partial charge on any atom is 0.253 e. The van der Waals surface area contributed by atoms with E-state index in [4.69, 9.17) is 11.6 Å². The summed E-state index contributed by atoms with van der Waals surface area (Å²) >= 11 is 6.19. The molecule has 26 heavy (non-hydrogen) atoms. The number of halogens is 2. The molecule has 2 atom stereocenters. The second-order valence-electron chi connectivity index (χ2n) is 7.61. The molecule has 4 rings (SSSR count). The van der Waals surface area contributed by atoms with E-state index in [2.05, 4.69) is 11.9 Å². The van der Waals surface area contributed by atoms with Crippen molar-refractivity contribution in [3.05, 3.63) is 58.4 Å². The average molecular weight is 373 g/mol. The number of likely N-dealkylation sites (tertiary alicyclic amines) is 2. The van der Waals surface area contributed by atoms with Gasteiger partial charge in [-0.15, -0.1) is 0 Å². The Kier molecular flexibility index (Phi) is 4.49. The summed E-state index contributed by atoms with van der Waals surface area (Å²) in [4.78, 5) is 17.1. The lowest BCUT2D eigenvalue weighted by molar-refractivity contribution is 0.0776. The van der Waals surface area contributed by atoms with E-state index in [1.807, 2.05) is 29.2 Å². The van der Waals surface area contributed by atoms with Crippen LogP contribution >= 0.6 is 11.6 Å². The van der Waals surface area contributed by atoms with Crippen molar-refractivity contribution in [2.24, 2.45) is 11.8 Å². The Balaban J connectivity index is 1.52. The van der Waals surface area contributed by atoms with Crippen LogP contribution in [0.15, 0.2) is 36.4 Å². The summed E-state index contributed by atoms with van der Waals surface area (Å²) in [6.45, 7) is 5.57. The van der Waals surface area contributed by atoms with Crippen molar-refractivity contribution in [2.75, 3.05) is 33.2 Å². The van der Waals surface area contributed by atoms with Gasteiger partial charge in [-0.25, -0.2) is 4.39 Å². The van der Waals surface area contributed by atoms with Crippen LogP contribution in [-0.2, 0) is 0 Å². The van der Waals surface area contributed by atoms with Crippen molar-refractivity contribution in [1.29, 1.82) is 0 Å². The number of fused-ring (bicyclic) bond motifs is 1. The van der Waals surface area contributed by atoms with Gasteiger partial charge in [-0.05, 0) is 61.2 Å². The first-order valence-corrected chi connectivity index (χ1v) is 9.34. The summed E-state index contributed by atoms with van der Waals surface area (Å²) in [6, 6.07) is 10.5. The fourth-order valence-corrected chi connectivity index (χ4v) is 4.51. The molecule has 0 radical (unpaired) electrons. The molecule has 0 spiro atoms. The van der Waals surface area contributed by atoms with Crippen molar-refractivity contribution >= 4 is 17.5 Å². The standard InChI is InChI=1S/C21H22ClFN2O/c1-13-7-18(19(22)8-20(13)23)14-3-5-15(6-4-14)21(26)25-11-16-9-24(2)10-17(16)12-25/h3-8,16-17H,9-12H2,1-2H3/t16-,17+. The zero-order chi connectivity index (χ0) is 18.4. The van der Waals surface area contributed by atoms with Crippen LogP contribution in [0.1, 0.15) is 15.9 Å². The topological polar surface area (TPSA) is 23.6 Å². The van der Waals surface area contributed by atoms with Crippen LogP contribution in [0.4, 0.5) is 4.39 Å². The van der Waals surface area contributed by atoms with E-state index in [1.165, 1.54) is 6.07 Å². The molecular weight excluding hydrogens is 351 g/mol. The Hall–Kier alpha value is -1.91. The van der Waals surface area contributed by atoms with Gasteiger partial charge < -0.3 is 9.80 Å². The molecule has 1 amide bonds. The highest BCUT2D eigenvalue weighted by molar-refractivity contribution is 6.33. The molecule has 2 saturated heterocycles. The number of carbonyl (C=O) groups is 1. The molecule has 2 heterocycles. The normalized spacial score (nSPS) is 22.7. The molecule has 0 unspecified atom stereocenters. The molecule has 0 saturated carbocycles. The highest BCUT2D eigenvalue weighted by Crippen LogP contribution is 2.32. The number of hydrogen-bond donors (Lipinski definition) is 0. The fourth-order valence-electron chi connectivity index (χ4n) is 4.25. The van der Waals surface area contributed by atoms with Gasteiger partial charge in [0.1, 0.15) is 5.82 Å². The molecule has 0 aromatic heterocycles. The van der Waals surface area contributed by atoms with Crippen LogP contribution in [0.3, 0.4) is 0 Å². The third-order valence-electron chi connectivity index (χ3n) is 5.65. The van der Waals surface area contributed by atoms with E-state index >= 15 is 0 Å². The van der Waals surface area contributed by atoms with E-state index in [0.29, 0.717) is 28.0 Å². The van der Waals surface area contributed by atoms with Crippen LogP contribution in [0, 0.1) is 24.6 Å². The largest absolute Gasteiger partial charge is 0.338 e. The molecule has 5 heteroatoms. The lowest BCUT2D eigenvalue weighted by Crippen LogP contribution is -2.32. The van der Waals surface area contributed by atoms with Gasteiger partial charge in [-0.3, -0.25) is 4.79 Å². The van der Waals surface area contributed by atoms with E-state index in [-0.39, 0.29) is 11.7 Å². The number of hydrogen-bond acceptors (Lipinski definition) is 2. The molecular formula is C21H22ClFN2O. The summed E-state index contributed by atoms with van der Waals surface area (Å²) in [7, 11) is 2.14. The smallest absolute Gasteiger partial charge is 0.253 e. The Bertz CT molecular complexity index is 838. The van der Waals surface area contributed by atoms with Crippen molar-refractivity contribution in [3.63, 3.8) is 0 Å². The summed E-state index contributed by atoms with van der Waals surface area (Å²) < 4.78 is 13.6. The minimum absolute atomic E-state index is 0.0926. The fraction of sp³-hybridized carbons (Fsp3) is 0.381. The third-order valence-corrected chi connectivity index (χ3v) is 5.96. The van der Waals surface area contributed by atoms with E-state index in [9.17, 15) is 9.18 Å². The monoisotopic (exact) mass is 372 g/mol. The minimum Gasteiger partial charge on any atom is -0.338 e. The van der Waals surface area contributed by atoms with E-state index in [0.717, 1.165) is 37.3 Å². The molecule has 0 bridgehead atoms. The average Bonchev–Trinajstić information content (AvgIpc) is 3.15. The van der Waals surface area contributed by atoms with Gasteiger partial charge in [0.15, 0.2) is 0 Å². The van der Waals surface area contributed by atoms with Gasteiger partial charge in [0.05, 0.1) is 5.02 Å². The molecule has 136 valence electrons. The van der Waals surface area contributed by atoms with Gasteiger partial charge in [0.25, 0.3) is 5.91 Å². The molecule has 2 aliphatic rings. The second-order valence-corrected chi connectivity index (χ2v) is 8.02. The third kappa shape index (κ3) is 3.12. The Morgan fingerprint density at radius 1 is 1.08 bits per heavy atom. The van der Waals surface area contributed by atoms with Crippen LogP contribution in [0.25, 0.3) is 11.1 Å². The maximum absolute atomic E-state index is 13.6. The van der Waals surface area contributed by atoms with E-state index in [1.54, 1.807) is 13.0 Å². The predicted molar refractivity (Wildman–Crippen MR) is 102 cm³/mol. The molecule has 3 nitrogen and oxygen atoms in total. The van der Waals surface area contributed by atoms with E-state index < -0.39 is 0 Å². The van der Waals surface area contributed by atoms with Gasteiger partial charge in [0.2, 0.25) is 0 Å². The lowest BCUT2D eigenvalue weighted by atomic mass is 10.0. The van der Waals surface area contributed by atoms with Gasteiger partial charge in [0, 0.05) is 37.3 Å². The lowest BCUT2D eigenvalue weighted by Gasteiger charge is -2.19. The summed E-state index contributed by atoms with van der Waals surface area (Å²) in [5.41, 5.74) is 2.91. The number of benzene rings is 2. The van der Waals surface area contributed by atoms with Gasteiger partial charge >= 0.3 is 0 Å². The molecule has 0 aliphatic carbocycles. The zero-order valence-electron chi connectivity index (χ0n) is 15.0. The molecule has 2 fully saturated rings. The SMILES string of the molecule is Cc1cc(-c2ccc(C(=O)N3C[C@H]4CN(C)C[C@H]4C3)cc2)c(Cl)cc1F. The van der Waals surface area contributed by atoms with Crippen LogP contribution in [0.2, 0.25) is 5.02 Å². The first-order chi connectivity index (χ1) is 12.4. The number of amides is 1. The summed E-state index contributed by atoms with van der Waals surface area (Å²) in [5.74, 6) is 0.985. The number of carbonyl (C=O) groups excluding carboxylic acids is 1. The number of rotatable bonds is 2. The number of nitrogens with zero attached hydrogens (tertiary/aromatic N) is 2. The summed E-state index contributed by atoms with van der Waals surface area (Å²) in [5, 5.41) is 0.378. The Labute approximate surface area is 158 Å². The van der Waals surface area contributed by atoms with Crippen molar-refractivity contribution in [3.8, 4) is 11.1 Å². The quantitative estimate of drug-likeness (QED) is 0.792. The van der Waals surface area contributed by atoms with Crippen LogP contribution in [0.5, 0.6) is 0 Å². The second kappa shape index (κ2) is 6.67. The van der Waals surface area contributed by atoms with Crippen LogP contribution in [-0.4, -0.2) is 48.9 Å². The predicted octanol–water partition coefficient (Wildman–Crippen LogP) is 4.09. The molecule has 2 aliphatic heterocycles.